The number of nitriles is 1. The first kappa shape index (κ1) is 17.5. The lowest BCUT2D eigenvalue weighted by Gasteiger charge is -2.09. The molecule has 3 aromatic carbocycles. The number of halogens is 1. The van der Waals surface area contributed by atoms with Gasteiger partial charge in [-0.3, -0.25) is 4.79 Å². The third-order valence-corrected chi connectivity index (χ3v) is 4.00. The first-order valence-corrected chi connectivity index (χ1v) is 8.42. The van der Waals surface area contributed by atoms with Crippen molar-refractivity contribution >= 4 is 34.6 Å². The van der Waals surface area contributed by atoms with Crippen molar-refractivity contribution in [2.24, 2.45) is 0 Å². The van der Waals surface area contributed by atoms with Crippen LogP contribution in [-0.4, -0.2) is 5.91 Å². The third-order valence-electron chi connectivity index (χ3n) is 3.75. The van der Waals surface area contributed by atoms with Gasteiger partial charge in [-0.1, -0.05) is 23.7 Å². The van der Waals surface area contributed by atoms with E-state index >= 15 is 0 Å². The fourth-order valence-electron chi connectivity index (χ4n) is 2.42. The highest BCUT2D eigenvalue weighted by Crippen LogP contribution is 2.19. The summed E-state index contributed by atoms with van der Waals surface area (Å²) in [6.45, 7) is 0. The van der Waals surface area contributed by atoms with Gasteiger partial charge in [-0.05, 0) is 66.2 Å². The molecule has 4 nitrogen and oxygen atoms in total. The molecule has 0 radical (unpaired) electrons. The predicted molar refractivity (Wildman–Crippen MR) is 105 cm³/mol. The highest BCUT2D eigenvalue weighted by atomic mass is 35.5. The number of carbonyl (C=O) groups is 1. The van der Waals surface area contributed by atoms with E-state index in [9.17, 15) is 4.79 Å². The standard InChI is InChI=1S/C21H16ClN3O/c22-17-5-1-15(2-6-17)13-21(26)25-20-11-9-19(10-12-20)24-18-7-3-16(14-23)4-8-18/h1-12,24H,13H2,(H,25,26). The Kier molecular flexibility index (Phi) is 5.52. The first-order chi connectivity index (χ1) is 12.6. The molecule has 5 heteroatoms. The number of benzene rings is 3. The minimum atomic E-state index is -0.0832. The summed E-state index contributed by atoms with van der Waals surface area (Å²) in [5.74, 6) is -0.0832. The molecule has 0 aliphatic carbocycles. The number of carbonyl (C=O) groups excluding carboxylic acids is 1. The summed E-state index contributed by atoms with van der Waals surface area (Å²) in [6.07, 6.45) is 0.294. The van der Waals surface area contributed by atoms with Gasteiger partial charge in [0.1, 0.15) is 0 Å². The highest BCUT2D eigenvalue weighted by molar-refractivity contribution is 6.30. The molecule has 0 atom stereocenters. The largest absolute Gasteiger partial charge is 0.356 e. The molecule has 3 aromatic rings. The predicted octanol–water partition coefficient (Wildman–Crippen LogP) is 5.14. The zero-order valence-corrected chi connectivity index (χ0v) is 14.6. The average Bonchev–Trinajstić information content (AvgIpc) is 2.66. The molecule has 0 aromatic heterocycles. The molecule has 3 rings (SSSR count). The summed E-state index contributed by atoms with van der Waals surface area (Å²) in [6, 6.07) is 24.0. The van der Waals surface area contributed by atoms with Gasteiger partial charge in [0.15, 0.2) is 0 Å². The third kappa shape index (κ3) is 4.85. The normalized spacial score (nSPS) is 10.0. The van der Waals surface area contributed by atoms with Crippen molar-refractivity contribution in [2.75, 3.05) is 10.6 Å². The fourth-order valence-corrected chi connectivity index (χ4v) is 2.55. The topological polar surface area (TPSA) is 64.9 Å². The molecular formula is C21H16ClN3O. The lowest BCUT2D eigenvalue weighted by molar-refractivity contribution is -0.115. The molecule has 0 saturated heterocycles. The number of hydrogen-bond donors (Lipinski definition) is 2. The van der Waals surface area contributed by atoms with Crippen molar-refractivity contribution in [3.63, 3.8) is 0 Å². The first-order valence-electron chi connectivity index (χ1n) is 8.04. The number of rotatable bonds is 5. The van der Waals surface area contributed by atoms with Crippen LogP contribution in [0.2, 0.25) is 5.02 Å². The smallest absolute Gasteiger partial charge is 0.228 e. The molecule has 0 saturated carbocycles. The van der Waals surface area contributed by atoms with E-state index in [4.69, 9.17) is 16.9 Å². The van der Waals surface area contributed by atoms with E-state index in [2.05, 4.69) is 16.7 Å². The van der Waals surface area contributed by atoms with Crippen LogP contribution in [0.25, 0.3) is 0 Å². The van der Waals surface area contributed by atoms with E-state index in [1.54, 1.807) is 24.3 Å². The van der Waals surface area contributed by atoms with Crippen LogP contribution in [0.1, 0.15) is 11.1 Å². The van der Waals surface area contributed by atoms with Gasteiger partial charge in [0, 0.05) is 22.1 Å². The number of nitrogens with zero attached hydrogens (tertiary/aromatic N) is 1. The number of anilines is 3. The summed E-state index contributed by atoms with van der Waals surface area (Å²) in [5, 5.41) is 15.6. The zero-order chi connectivity index (χ0) is 18.4. The molecule has 128 valence electrons. The average molecular weight is 362 g/mol. The van der Waals surface area contributed by atoms with Crippen molar-refractivity contribution in [2.45, 2.75) is 6.42 Å². The second-order valence-electron chi connectivity index (χ2n) is 5.74. The molecule has 0 aliphatic heterocycles. The van der Waals surface area contributed by atoms with Crippen LogP contribution in [-0.2, 0) is 11.2 Å². The van der Waals surface area contributed by atoms with E-state index in [-0.39, 0.29) is 5.91 Å². The van der Waals surface area contributed by atoms with Crippen molar-refractivity contribution in [1.29, 1.82) is 5.26 Å². The fraction of sp³-hybridized carbons (Fsp3) is 0.0476. The Balaban J connectivity index is 1.57. The molecule has 0 bridgehead atoms. The van der Waals surface area contributed by atoms with E-state index in [1.807, 2.05) is 48.5 Å². The molecule has 2 N–H and O–H groups in total. The second-order valence-corrected chi connectivity index (χ2v) is 6.18. The van der Waals surface area contributed by atoms with E-state index in [1.165, 1.54) is 0 Å². The number of nitrogens with one attached hydrogen (secondary N) is 2. The van der Waals surface area contributed by atoms with Crippen molar-refractivity contribution < 1.29 is 4.79 Å². The lowest BCUT2D eigenvalue weighted by Crippen LogP contribution is -2.14. The maximum absolute atomic E-state index is 12.1. The van der Waals surface area contributed by atoms with Gasteiger partial charge in [0.05, 0.1) is 18.1 Å². The summed E-state index contributed by atoms with van der Waals surface area (Å²) in [4.78, 5) is 12.1. The van der Waals surface area contributed by atoms with E-state index < -0.39 is 0 Å². The molecule has 0 aliphatic rings. The molecule has 1 amide bonds. The summed E-state index contributed by atoms with van der Waals surface area (Å²) >= 11 is 5.85. The van der Waals surface area contributed by atoms with Crippen LogP contribution in [0.3, 0.4) is 0 Å². The zero-order valence-electron chi connectivity index (χ0n) is 13.9. The summed E-state index contributed by atoms with van der Waals surface area (Å²) in [7, 11) is 0. The Morgan fingerprint density at radius 3 is 1.96 bits per heavy atom. The van der Waals surface area contributed by atoms with Gasteiger partial charge < -0.3 is 10.6 Å². The maximum Gasteiger partial charge on any atom is 0.228 e. The Bertz CT molecular complexity index is 927. The minimum Gasteiger partial charge on any atom is -0.356 e. The van der Waals surface area contributed by atoms with Gasteiger partial charge in [0.2, 0.25) is 5.91 Å². The van der Waals surface area contributed by atoms with Gasteiger partial charge in [-0.2, -0.15) is 5.26 Å². The van der Waals surface area contributed by atoms with Gasteiger partial charge in [-0.15, -0.1) is 0 Å². The van der Waals surface area contributed by atoms with Gasteiger partial charge >= 0.3 is 0 Å². The highest BCUT2D eigenvalue weighted by Gasteiger charge is 2.04. The molecule has 0 spiro atoms. The van der Waals surface area contributed by atoms with Crippen LogP contribution in [0.4, 0.5) is 17.1 Å². The number of amides is 1. The SMILES string of the molecule is N#Cc1ccc(Nc2ccc(NC(=O)Cc3ccc(Cl)cc3)cc2)cc1. The molecular weight excluding hydrogens is 346 g/mol. The quantitative estimate of drug-likeness (QED) is 0.661. The van der Waals surface area contributed by atoms with Gasteiger partial charge in [-0.25, -0.2) is 0 Å². The van der Waals surface area contributed by atoms with Crippen LogP contribution < -0.4 is 10.6 Å². The monoisotopic (exact) mass is 361 g/mol. The molecule has 0 fully saturated rings. The van der Waals surface area contributed by atoms with Crippen molar-refractivity contribution in [3.05, 3.63) is 88.9 Å². The molecule has 26 heavy (non-hydrogen) atoms. The van der Waals surface area contributed by atoms with Crippen molar-refractivity contribution in [3.8, 4) is 6.07 Å². The van der Waals surface area contributed by atoms with Crippen molar-refractivity contribution in [1.82, 2.24) is 0 Å². The summed E-state index contributed by atoms with van der Waals surface area (Å²) < 4.78 is 0. The van der Waals surface area contributed by atoms with E-state index in [0.717, 1.165) is 22.6 Å². The number of hydrogen-bond acceptors (Lipinski definition) is 3. The van der Waals surface area contributed by atoms with E-state index in [0.29, 0.717) is 17.0 Å². The maximum atomic E-state index is 12.1. The Morgan fingerprint density at radius 1 is 0.846 bits per heavy atom. The van der Waals surface area contributed by atoms with Crippen LogP contribution in [0.5, 0.6) is 0 Å². The van der Waals surface area contributed by atoms with Crippen LogP contribution >= 0.6 is 11.6 Å². The summed E-state index contributed by atoms with van der Waals surface area (Å²) in [5.41, 5.74) is 4.04. The second kappa shape index (κ2) is 8.19. The Labute approximate surface area is 157 Å². The molecule has 0 unspecified atom stereocenters. The Hall–Kier alpha value is -3.29. The minimum absolute atomic E-state index is 0.0832. The van der Waals surface area contributed by atoms with Gasteiger partial charge in [0.25, 0.3) is 0 Å². The van der Waals surface area contributed by atoms with Crippen LogP contribution in [0.15, 0.2) is 72.8 Å². The van der Waals surface area contributed by atoms with Crippen LogP contribution in [0, 0.1) is 11.3 Å². The lowest BCUT2D eigenvalue weighted by atomic mass is 10.1. The molecule has 0 heterocycles. The Morgan fingerprint density at radius 2 is 1.38 bits per heavy atom.